The lowest BCUT2D eigenvalue weighted by molar-refractivity contribution is 0.0944. The summed E-state index contributed by atoms with van der Waals surface area (Å²) in [6.45, 7) is 3.88. The molecule has 0 aliphatic heterocycles. The number of thiocarbonyl (C=S) groups is 1. The number of nitrogens with zero attached hydrogens (tertiary/aromatic N) is 2. The Morgan fingerprint density at radius 1 is 1.67 bits per heavy atom. The Balaban J connectivity index is 2.67. The van der Waals surface area contributed by atoms with E-state index in [0.717, 1.165) is 11.5 Å². The van der Waals surface area contributed by atoms with Crippen LogP contribution in [0.5, 0.6) is 0 Å². The van der Waals surface area contributed by atoms with Crippen LogP contribution >= 0.6 is 23.8 Å². The minimum atomic E-state index is -0.297. The molecule has 1 unspecified atom stereocenters. The summed E-state index contributed by atoms with van der Waals surface area (Å²) in [4.78, 5) is 12.4. The van der Waals surface area contributed by atoms with E-state index in [2.05, 4.69) is 14.9 Å². The predicted molar refractivity (Wildman–Crippen MR) is 62.8 cm³/mol. The minimum absolute atomic E-state index is 0.160. The van der Waals surface area contributed by atoms with Gasteiger partial charge in [-0.15, -0.1) is 5.10 Å². The van der Waals surface area contributed by atoms with Gasteiger partial charge in [-0.1, -0.05) is 30.6 Å². The number of carbonyl (C=O) groups excluding carboxylic acids is 1. The second kappa shape index (κ2) is 5.13. The molecule has 1 heterocycles. The van der Waals surface area contributed by atoms with Gasteiger partial charge in [-0.05, 0) is 17.5 Å². The molecular weight excluding hydrogens is 232 g/mol. The molecule has 0 aliphatic carbocycles. The third-order valence-corrected chi connectivity index (χ3v) is 2.76. The number of nitrogens with one attached hydrogen (secondary N) is 1. The van der Waals surface area contributed by atoms with Crippen molar-refractivity contribution in [2.45, 2.75) is 19.9 Å². The number of aromatic nitrogens is 2. The number of hydrogen-bond donors (Lipinski definition) is 2. The van der Waals surface area contributed by atoms with E-state index in [1.54, 1.807) is 0 Å². The van der Waals surface area contributed by atoms with Gasteiger partial charge in [-0.3, -0.25) is 4.79 Å². The van der Waals surface area contributed by atoms with Crippen LogP contribution < -0.4 is 11.1 Å². The Morgan fingerprint density at radius 3 is 2.73 bits per heavy atom. The lowest BCUT2D eigenvalue weighted by Gasteiger charge is -2.20. The second-order valence-corrected chi connectivity index (χ2v) is 4.64. The molecule has 5 nitrogen and oxygen atoms in total. The normalized spacial score (nSPS) is 12.5. The highest BCUT2D eigenvalue weighted by Gasteiger charge is 2.20. The van der Waals surface area contributed by atoms with Crippen LogP contribution in [0.3, 0.4) is 0 Å². The first-order chi connectivity index (χ1) is 7.02. The molecule has 0 aliphatic rings. The molecule has 0 saturated heterocycles. The van der Waals surface area contributed by atoms with E-state index >= 15 is 0 Å². The van der Waals surface area contributed by atoms with Crippen LogP contribution in [0.25, 0.3) is 0 Å². The molecule has 0 spiro atoms. The molecule has 0 fully saturated rings. The van der Waals surface area contributed by atoms with E-state index in [4.69, 9.17) is 18.0 Å². The van der Waals surface area contributed by atoms with Crippen molar-refractivity contribution in [3.05, 3.63) is 11.1 Å². The van der Waals surface area contributed by atoms with Crippen molar-refractivity contribution in [3.8, 4) is 0 Å². The van der Waals surface area contributed by atoms with Gasteiger partial charge in [0.2, 0.25) is 0 Å². The smallest absolute Gasteiger partial charge is 0.265 e. The molecule has 1 amide bonds. The maximum Gasteiger partial charge on any atom is 0.265 e. The van der Waals surface area contributed by atoms with Gasteiger partial charge in [-0.25, -0.2) is 0 Å². The minimum Gasteiger partial charge on any atom is -0.392 e. The number of hydrogen-bond acceptors (Lipinski definition) is 5. The Hall–Kier alpha value is -1.08. The molecule has 0 bridgehead atoms. The first-order valence-electron chi connectivity index (χ1n) is 4.40. The molecular formula is C8H12N4OS2. The molecule has 0 aromatic carbocycles. The van der Waals surface area contributed by atoms with E-state index in [1.165, 1.54) is 6.20 Å². The zero-order valence-electron chi connectivity index (χ0n) is 8.43. The molecule has 1 atom stereocenters. The molecule has 1 aromatic heterocycles. The third kappa shape index (κ3) is 3.21. The van der Waals surface area contributed by atoms with E-state index < -0.39 is 0 Å². The molecule has 7 heteroatoms. The van der Waals surface area contributed by atoms with Gasteiger partial charge in [0.25, 0.3) is 5.91 Å². The summed E-state index contributed by atoms with van der Waals surface area (Å²) in [5.74, 6) is -0.0798. The standard InChI is InChI=1S/C8H12N4OS2/c1-4(2)6(7(9)14)11-8(13)5-3-10-12-15-5/h3-4,6H,1-2H3,(H2,9,14)(H,11,13). The van der Waals surface area contributed by atoms with Crippen molar-refractivity contribution in [1.29, 1.82) is 0 Å². The fourth-order valence-electron chi connectivity index (χ4n) is 1.05. The molecule has 15 heavy (non-hydrogen) atoms. The molecule has 0 radical (unpaired) electrons. The van der Waals surface area contributed by atoms with Gasteiger partial charge < -0.3 is 11.1 Å². The van der Waals surface area contributed by atoms with Crippen molar-refractivity contribution in [1.82, 2.24) is 14.9 Å². The van der Waals surface area contributed by atoms with Crippen LogP contribution in [0.1, 0.15) is 23.5 Å². The Kier molecular flexibility index (Phi) is 4.10. The highest BCUT2D eigenvalue weighted by atomic mass is 32.1. The molecule has 0 saturated carbocycles. The highest BCUT2D eigenvalue weighted by Crippen LogP contribution is 2.06. The summed E-state index contributed by atoms with van der Waals surface area (Å²) in [5, 5.41) is 6.33. The highest BCUT2D eigenvalue weighted by molar-refractivity contribution is 7.80. The van der Waals surface area contributed by atoms with Crippen molar-refractivity contribution in [2.24, 2.45) is 11.7 Å². The monoisotopic (exact) mass is 244 g/mol. The molecule has 3 N–H and O–H groups in total. The van der Waals surface area contributed by atoms with Gasteiger partial charge in [0, 0.05) is 0 Å². The van der Waals surface area contributed by atoms with Gasteiger partial charge >= 0.3 is 0 Å². The lowest BCUT2D eigenvalue weighted by atomic mass is 10.0. The quantitative estimate of drug-likeness (QED) is 0.757. The summed E-state index contributed by atoms with van der Waals surface area (Å²) in [6.07, 6.45) is 1.41. The van der Waals surface area contributed by atoms with Crippen molar-refractivity contribution < 1.29 is 4.79 Å². The molecule has 1 rings (SSSR count). The van der Waals surface area contributed by atoms with E-state index in [1.807, 2.05) is 13.8 Å². The van der Waals surface area contributed by atoms with Crippen LogP contribution in [0.4, 0.5) is 0 Å². The Bertz CT molecular complexity index is 350. The zero-order valence-corrected chi connectivity index (χ0v) is 10.1. The number of carbonyl (C=O) groups is 1. The molecule has 1 aromatic rings. The predicted octanol–water partition coefficient (Wildman–Crippen LogP) is 0.579. The van der Waals surface area contributed by atoms with Crippen LogP contribution in [0, 0.1) is 5.92 Å². The fraction of sp³-hybridized carbons (Fsp3) is 0.500. The average Bonchev–Trinajstić information content (AvgIpc) is 2.65. The van der Waals surface area contributed by atoms with Gasteiger partial charge in [-0.2, -0.15) is 0 Å². The SMILES string of the molecule is CC(C)C(NC(=O)c1cnns1)C(N)=S. The fourth-order valence-corrected chi connectivity index (χ4v) is 1.80. The van der Waals surface area contributed by atoms with Gasteiger partial charge in [0.15, 0.2) is 0 Å². The van der Waals surface area contributed by atoms with Crippen LogP contribution in [-0.2, 0) is 0 Å². The Morgan fingerprint density at radius 2 is 2.33 bits per heavy atom. The second-order valence-electron chi connectivity index (χ2n) is 3.38. The van der Waals surface area contributed by atoms with Gasteiger partial charge in [0.1, 0.15) is 4.88 Å². The van der Waals surface area contributed by atoms with Crippen molar-refractivity contribution in [2.75, 3.05) is 0 Å². The van der Waals surface area contributed by atoms with E-state index in [-0.39, 0.29) is 22.9 Å². The average molecular weight is 244 g/mol. The summed E-state index contributed by atoms with van der Waals surface area (Å²) >= 11 is 5.92. The van der Waals surface area contributed by atoms with Crippen molar-refractivity contribution in [3.63, 3.8) is 0 Å². The lowest BCUT2D eigenvalue weighted by Crippen LogP contribution is -2.46. The van der Waals surface area contributed by atoms with E-state index in [0.29, 0.717) is 4.88 Å². The van der Waals surface area contributed by atoms with Crippen molar-refractivity contribution >= 4 is 34.6 Å². The maximum absolute atomic E-state index is 11.6. The van der Waals surface area contributed by atoms with E-state index in [9.17, 15) is 4.79 Å². The Labute approximate surface area is 97.2 Å². The summed E-state index contributed by atoms with van der Waals surface area (Å²) < 4.78 is 3.61. The molecule has 82 valence electrons. The zero-order chi connectivity index (χ0) is 11.4. The number of amides is 1. The van der Waals surface area contributed by atoms with Gasteiger partial charge in [0.05, 0.1) is 17.2 Å². The first kappa shape index (κ1) is 12.0. The first-order valence-corrected chi connectivity index (χ1v) is 5.58. The largest absolute Gasteiger partial charge is 0.392 e. The number of nitrogens with two attached hydrogens (primary N) is 1. The maximum atomic E-state index is 11.6. The number of rotatable bonds is 4. The third-order valence-electron chi connectivity index (χ3n) is 1.84. The van der Waals surface area contributed by atoms with Crippen LogP contribution in [0.15, 0.2) is 6.20 Å². The summed E-state index contributed by atoms with van der Waals surface area (Å²) in [6, 6.07) is -0.297. The summed E-state index contributed by atoms with van der Waals surface area (Å²) in [7, 11) is 0. The van der Waals surface area contributed by atoms with Crippen LogP contribution in [-0.4, -0.2) is 26.5 Å². The summed E-state index contributed by atoms with van der Waals surface area (Å²) in [5.41, 5.74) is 5.53. The van der Waals surface area contributed by atoms with Crippen LogP contribution in [0.2, 0.25) is 0 Å². The topological polar surface area (TPSA) is 80.9 Å².